The fourth-order valence-corrected chi connectivity index (χ4v) is 4.53. The van der Waals surface area contributed by atoms with Gasteiger partial charge in [-0.05, 0) is 43.0 Å². The van der Waals surface area contributed by atoms with Gasteiger partial charge in [-0.25, -0.2) is 0 Å². The van der Waals surface area contributed by atoms with Crippen LogP contribution in [-0.4, -0.2) is 49.2 Å². The number of hydrogen-bond donors (Lipinski definition) is 1. The summed E-state index contributed by atoms with van der Waals surface area (Å²) in [5.74, 6) is 0.148. The van der Waals surface area contributed by atoms with Crippen molar-refractivity contribution in [3.8, 4) is 0 Å². The smallest absolute Gasteiger partial charge is 0.241 e. The lowest BCUT2D eigenvalue weighted by molar-refractivity contribution is -0.134. The van der Waals surface area contributed by atoms with Gasteiger partial charge in [0.25, 0.3) is 0 Å². The van der Waals surface area contributed by atoms with Gasteiger partial charge < -0.3 is 10.1 Å². The molecule has 4 rings (SSSR count). The van der Waals surface area contributed by atoms with E-state index in [0.717, 1.165) is 45.3 Å². The summed E-state index contributed by atoms with van der Waals surface area (Å²) in [7, 11) is 2.10. The van der Waals surface area contributed by atoms with Crippen molar-refractivity contribution in [1.29, 1.82) is 0 Å². The molecule has 4 nitrogen and oxygen atoms in total. The van der Waals surface area contributed by atoms with Crippen LogP contribution < -0.4 is 5.32 Å². The molecule has 1 aliphatic heterocycles. The van der Waals surface area contributed by atoms with Crippen molar-refractivity contribution in [3.63, 3.8) is 0 Å². The molecule has 1 atom stereocenters. The van der Waals surface area contributed by atoms with Crippen LogP contribution in [0, 0.1) is 0 Å². The molecular weight excluding hydrogens is 348 g/mol. The molecule has 0 spiro atoms. The molecule has 2 aromatic rings. The topological polar surface area (TPSA) is 41.6 Å². The van der Waals surface area contributed by atoms with Crippen molar-refractivity contribution < 1.29 is 9.53 Å². The second-order valence-electron chi connectivity index (χ2n) is 8.20. The number of rotatable bonds is 6. The van der Waals surface area contributed by atoms with E-state index in [9.17, 15) is 4.79 Å². The summed E-state index contributed by atoms with van der Waals surface area (Å²) in [5.41, 5.74) is 3.38. The van der Waals surface area contributed by atoms with Gasteiger partial charge in [-0.2, -0.15) is 0 Å². The zero-order valence-electron chi connectivity index (χ0n) is 16.7. The second-order valence-corrected chi connectivity index (χ2v) is 8.20. The SMILES string of the molecule is CN(CCc1ccccc1)C1(C(=O)N[C@H]2CCCOC2)Cc2ccccc2C1. The first-order valence-electron chi connectivity index (χ1n) is 10.4. The third-order valence-electron chi connectivity index (χ3n) is 6.31. The Morgan fingerprint density at radius 1 is 1.11 bits per heavy atom. The Balaban J connectivity index is 1.52. The van der Waals surface area contributed by atoms with Gasteiger partial charge in [-0.15, -0.1) is 0 Å². The molecule has 2 aliphatic rings. The molecule has 0 saturated carbocycles. The molecule has 0 radical (unpaired) electrons. The van der Waals surface area contributed by atoms with Gasteiger partial charge in [0.2, 0.25) is 5.91 Å². The van der Waals surface area contributed by atoms with Gasteiger partial charge in [0.1, 0.15) is 5.54 Å². The number of amides is 1. The lowest BCUT2D eigenvalue weighted by atomic mass is 9.91. The van der Waals surface area contributed by atoms with E-state index < -0.39 is 5.54 Å². The number of benzene rings is 2. The highest BCUT2D eigenvalue weighted by Crippen LogP contribution is 2.35. The third-order valence-corrected chi connectivity index (χ3v) is 6.31. The predicted molar refractivity (Wildman–Crippen MR) is 111 cm³/mol. The molecule has 1 heterocycles. The number of fused-ring (bicyclic) bond motifs is 1. The molecule has 28 heavy (non-hydrogen) atoms. The minimum absolute atomic E-state index is 0.129. The molecule has 1 saturated heterocycles. The fourth-order valence-electron chi connectivity index (χ4n) is 4.53. The minimum Gasteiger partial charge on any atom is -0.379 e. The largest absolute Gasteiger partial charge is 0.379 e. The van der Waals surface area contributed by atoms with Gasteiger partial charge in [-0.1, -0.05) is 54.6 Å². The lowest BCUT2D eigenvalue weighted by Gasteiger charge is -2.39. The molecule has 0 unspecified atom stereocenters. The van der Waals surface area contributed by atoms with Gasteiger partial charge in [0.15, 0.2) is 0 Å². The Kier molecular flexibility index (Phi) is 5.79. The maximum absolute atomic E-state index is 13.5. The number of nitrogens with one attached hydrogen (secondary N) is 1. The van der Waals surface area contributed by atoms with Crippen molar-refractivity contribution >= 4 is 5.91 Å². The van der Waals surface area contributed by atoms with Crippen LogP contribution >= 0.6 is 0 Å². The number of hydrogen-bond acceptors (Lipinski definition) is 3. The van der Waals surface area contributed by atoms with Crippen LogP contribution in [0.1, 0.15) is 29.5 Å². The Bertz CT molecular complexity index is 774. The van der Waals surface area contributed by atoms with E-state index in [0.29, 0.717) is 6.61 Å². The number of nitrogens with zero attached hydrogens (tertiary/aromatic N) is 1. The maximum atomic E-state index is 13.5. The summed E-state index contributed by atoms with van der Waals surface area (Å²) in [6.45, 7) is 2.29. The summed E-state index contributed by atoms with van der Waals surface area (Å²) >= 11 is 0. The van der Waals surface area contributed by atoms with Crippen molar-refractivity contribution in [2.45, 2.75) is 43.7 Å². The fraction of sp³-hybridized carbons (Fsp3) is 0.458. The maximum Gasteiger partial charge on any atom is 0.241 e. The van der Waals surface area contributed by atoms with E-state index in [-0.39, 0.29) is 11.9 Å². The Hall–Kier alpha value is -2.17. The molecule has 4 heteroatoms. The Morgan fingerprint density at radius 3 is 2.43 bits per heavy atom. The van der Waals surface area contributed by atoms with Crippen LogP contribution in [0.15, 0.2) is 54.6 Å². The van der Waals surface area contributed by atoms with E-state index >= 15 is 0 Å². The summed E-state index contributed by atoms with van der Waals surface area (Å²) in [4.78, 5) is 15.8. The van der Waals surface area contributed by atoms with E-state index in [1.165, 1.54) is 16.7 Å². The standard InChI is InChI=1S/C24H30N2O2/c1-26(14-13-19-8-3-2-4-9-19)24(16-20-10-5-6-11-21(20)17-24)23(27)25-22-12-7-15-28-18-22/h2-6,8-11,22H,7,12-18H2,1H3,(H,25,27)/t22-/m0/s1. The van der Waals surface area contributed by atoms with Crippen molar-refractivity contribution in [1.82, 2.24) is 10.2 Å². The molecule has 1 N–H and O–H groups in total. The predicted octanol–water partition coefficient (Wildman–Crippen LogP) is 2.99. The van der Waals surface area contributed by atoms with Gasteiger partial charge in [0.05, 0.1) is 12.6 Å². The highest BCUT2D eigenvalue weighted by Gasteiger charge is 2.47. The van der Waals surface area contributed by atoms with Crippen LogP contribution in [0.25, 0.3) is 0 Å². The number of carbonyl (C=O) groups excluding carboxylic acids is 1. The average molecular weight is 379 g/mol. The van der Waals surface area contributed by atoms with Crippen molar-refractivity contribution in [3.05, 3.63) is 71.3 Å². The first-order chi connectivity index (χ1) is 13.7. The number of likely N-dealkylation sites (N-methyl/N-ethyl adjacent to an activating group) is 1. The molecule has 2 aromatic carbocycles. The summed E-state index contributed by atoms with van der Waals surface area (Å²) in [6.07, 6.45) is 4.50. The first-order valence-corrected chi connectivity index (χ1v) is 10.4. The molecular formula is C24H30N2O2. The highest BCUT2D eigenvalue weighted by atomic mass is 16.5. The van der Waals surface area contributed by atoms with Gasteiger partial charge in [-0.3, -0.25) is 9.69 Å². The zero-order valence-corrected chi connectivity index (χ0v) is 16.7. The number of ether oxygens (including phenoxy) is 1. The monoisotopic (exact) mass is 378 g/mol. The van der Waals surface area contributed by atoms with E-state index in [1.807, 2.05) is 6.07 Å². The van der Waals surface area contributed by atoms with Crippen LogP contribution in [0.4, 0.5) is 0 Å². The zero-order chi connectivity index (χ0) is 19.4. The summed E-state index contributed by atoms with van der Waals surface area (Å²) in [5, 5.41) is 3.31. The molecule has 0 aromatic heterocycles. The minimum atomic E-state index is -0.518. The summed E-state index contributed by atoms with van der Waals surface area (Å²) < 4.78 is 5.58. The van der Waals surface area contributed by atoms with Gasteiger partial charge in [0, 0.05) is 26.0 Å². The molecule has 1 aliphatic carbocycles. The highest BCUT2D eigenvalue weighted by molar-refractivity contribution is 5.88. The molecule has 148 valence electrons. The van der Waals surface area contributed by atoms with Crippen molar-refractivity contribution in [2.75, 3.05) is 26.8 Å². The van der Waals surface area contributed by atoms with Crippen LogP contribution in [0.3, 0.4) is 0 Å². The normalized spacial score (nSPS) is 20.7. The van der Waals surface area contributed by atoms with Crippen LogP contribution in [0.5, 0.6) is 0 Å². The van der Waals surface area contributed by atoms with Crippen LogP contribution in [-0.2, 0) is 28.8 Å². The quantitative estimate of drug-likeness (QED) is 0.840. The van der Waals surface area contributed by atoms with Gasteiger partial charge >= 0.3 is 0 Å². The first kappa shape index (κ1) is 19.2. The van der Waals surface area contributed by atoms with E-state index in [2.05, 4.69) is 65.8 Å². The molecule has 1 amide bonds. The Labute approximate surface area is 167 Å². The second kappa shape index (κ2) is 8.46. The summed E-state index contributed by atoms with van der Waals surface area (Å²) in [6, 6.07) is 19.1. The van der Waals surface area contributed by atoms with Crippen LogP contribution in [0.2, 0.25) is 0 Å². The van der Waals surface area contributed by atoms with E-state index in [4.69, 9.17) is 4.74 Å². The number of carbonyl (C=O) groups is 1. The van der Waals surface area contributed by atoms with Crippen molar-refractivity contribution in [2.24, 2.45) is 0 Å². The lowest BCUT2D eigenvalue weighted by Crippen LogP contribution is -2.61. The van der Waals surface area contributed by atoms with E-state index in [1.54, 1.807) is 0 Å². The molecule has 1 fully saturated rings. The molecule has 0 bridgehead atoms. The Morgan fingerprint density at radius 2 is 1.79 bits per heavy atom. The third kappa shape index (κ3) is 3.98. The average Bonchev–Trinajstić information content (AvgIpc) is 3.14.